The molecule has 0 spiro atoms. The summed E-state index contributed by atoms with van der Waals surface area (Å²) in [7, 11) is 0. The monoisotopic (exact) mass is 185 g/mol. The number of carbonyl (C=O) groups excluding carboxylic acids is 4. The summed E-state index contributed by atoms with van der Waals surface area (Å²) in [6, 6.07) is 0. The van der Waals surface area contributed by atoms with Gasteiger partial charge in [-0.2, -0.15) is 0 Å². The molecule has 0 unspecified atom stereocenters. The Bertz CT molecular complexity index is 235. The maximum Gasteiger partial charge on any atom is 0.240 e. The summed E-state index contributed by atoms with van der Waals surface area (Å²) in [6.07, 6.45) is 0.930. The Labute approximate surface area is 73.4 Å². The molecule has 0 aliphatic carbocycles. The summed E-state index contributed by atoms with van der Waals surface area (Å²) in [4.78, 5) is 41.4. The highest BCUT2D eigenvalue weighted by Crippen LogP contribution is 1.79. The lowest BCUT2D eigenvalue weighted by molar-refractivity contribution is -0.128. The van der Waals surface area contributed by atoms with E-state index in [0.29, 0.717) is 12.8 Å². The minimum absolute atomic E-state index is 0.465. The van der Waals surface area contributed by atoms with E-state index in [2.05, 4.69) is 11.5 Å². The van der Waals surface area contributed by atoms with E-state index in [1.165, 1.54) is 0 Å². The first-order valence-electron chi connectivity index (χ1n) is 3.05. The Morgan fingerprint density at radius 2 is 1.15 bits per heavy atom. The molecule has 0 heterocycles. The molecule has 2 radical (unpaired) electrons. The highest BCUT2D eigenvalue weighted by atomic mass is 16.2. The summed E-state index contributed by atoms with van der Waals surface area (Å²) in [6.45, 7) is 0. The van der Waals surface area contributed by atoms with Gasteiger partial charge in [-0.15, -0.1) is 0 Å². The summed E-state index contributed by atoms with van der Waals surface area (Å²) in [5, 5.41) is 1.65. The summed E-state index contributed by atoms with van der Waals surface area (Å²) in [5.41, 5.74) is 9.20. The second-order valence-electron chi connectivity index (χ2n) is 1.95. The third-order valence-corrected chi connectivity index (χ3v) is 0.793. The Hall–Kier alpha value is -1.92. The Kier molecular flexibility index (Phi) is 4.14. The van der Waals surface area contributed by atoms with Crippen LogP contribution < -0.4 is 16.8 Å². The molecule has 0 aromatic rings. The predicted molar refractivity (Wildman–Crippen MR) is 40.1 cm³/mol. The molecule has 0 saturated carbocycles. The minimum Gasteiger partial charge on any atom is -0.369 e. The van der Waals surface area contributed by atoms with Crippen LogP contribution in [-0.4, -0.2) is 23.6 Å². The number of imide groups is 1. The second-order valence-corrected chi connectivity index (χ2v) is 1.95. The summed E-state index contributed by atoms with van der Waals surface area (Å²) in [5.74, 6) is -4.00. The smallest absolute Gasteiger partial charge is 0.240 e. The first-order chi connectivity index (χ1) is 5.91. The molecule has 0 aliphatic heterocycles. The van der Waals surface area contributed by atoms with E-state index in [1.807, 2.05) is 0 Å². The van der Waals surface area contributed by atoms with Crippen molar-refractivity contribution in [2.45, 2.75) is 0 Å². The minimum atomic E-state index is -1.00. The number of nitrogens with two attached hydrogens (primary N) is 2. The topological polar surface area (TPSA) is 132 Å². The Morgan fingerprint density at radius 3 is 1.38 bits per heavy atom. The maximum absolute atomic E-state index is 10.6. The van der Waals surface area contributed by atoms with E-state index >= 15 is 0 Å². The molecule has 7 nitrogen and oxygen atoms in total. The largest absolute Gasteiger partial charge is 0.369 e. The lowest BCUT2D eigenvalue weighted by Crippen LogP contribution is -2.36. The Morgan fingerprint density at radius 1 is 0.846 bits per heavy atom. The van der Waals surface area contributed by atoms with Crippen LogP contribution in [0.25, 0.3) is 0 Å². The van der Waals surface area contributed by atoms with Crippen molar-refractivity contribution in [2.75, 3.05) is 0 Å². The van der Waals surface area contributed by atoms with Gasteiger partial charge in [0.1, 0.15) is 12.8 Å². The van der Waals surface area contributed by atoms with Gasteiger partial charge in [0.2, 0.25) is 23.6 Å². The average molecular weight is 185 g/mol. The molecule has 0 rings (SSSR count). The normalized spacial score (nSPS) is 8.92. The van der Waals surface area contributed by atoms with E-state index < -0.39 is 23.6 Å². The van der Waals surface area contributed by atoms with Crippen molar-refractivity contribution in [3.63, 3.8) is 0 Å². The molecule has 0 saturated heterocycles. The average Bonchev–Trinajstić information content (AvgIpc) is 1.80. The van der Waals surface area contributed by atoms with E-state index in [0.717, 1.165) is 0 Å². The predicted octanol–water partition coefficient (Wildman–Crippen LogP) is -2.99. The van der Waals surface area contributed by atoms with Crippen molar-refractivity contribution in [3.05, 3.63) is 12.8 Å². The van der Waals surface area contributed by atoms with Gasteiger partial charge in [0.15, 0.2) is 0 Å². The fourth-order valence-corrected chi connectivity index (χ4v) is 0.452. The van der Waals surface area contributed by atoms with Gasteiger partial charge in [-0.3, -0.25) is 24.5 Å². The fourth-order valence-electron chi connectivity index (χ4n) is 0.452. The fraction of sp³-hybridized carbons (Fsp3) is 0. The molecule has 0 aliphatic rings. The molecular weight excluding hydrogens is 178 g/mol. The lowest BCUT2D eigenvalue weighted by Gasteiger charge is -1.98. The van der Waals surface area contributed by atoms with Gasteiger partial charge < -0.3 is 11.5 Å². The van der Waals surface area contributed by atoms with Crippen LogP contribution in [0.1, 0.15) is 0 Å². The molecule has 13 heavy (non-hydrogen) atoms. The zero-order chi connectivity index (χ0) is 10.4. The molecular formula is C6H7N3O4. The number of carbonyl (C=O) groups is 4. The quantitative estimate of drug-likeness (QED) is 0.403. The van der Waals surface area contributed by atoms with Gasteiger partial charge in [-0.1, -0.05) is 0 Å². The summed E-state index contributed by atoms with van der Waals surface area (Å²) < 4.78 is 0. The van der Waals surface area contributed by atoms with E-state index in [-0.39, 0.29) is 0 Å². The standard InChI is InChI=1S/C6H7N3O4/c7-3(10)1-5(12)9-6(13)2-4(8)11/h1-2H,(H2,7,10)(H2,8,11)(H,9,12,13). The summed E-state index contributed by atoms with van der Waals surface area (Å²) >= 11 is 0. The van der Waals surface area contributed by atoms with Crippen LogP contribution in [0.5, 0.6) is 0 Å². The van der Waals surface area contributed by atoms with Crippen LogP contribution in [0.15, 0.2) is 0 Å². The third-order valence-electron chi connectivity index (χ3n) is 0.793. The van der Waals surface area contributed by atoms with Gasteiger partial charge in [0.05, 0.1) is 0 Å². The number of primary amides is 2. The maximum atomic E-state index is 10.6. The van der Waals surface area contributed by atoms with Crippen LogP contribution in [0.3, 0.4) is 0 Å². The molecule has 4 amide bonds. The van der Waals surface area contributed by atoms with Crippen LogP contribution in [0, 0.1) is 12.8 Å². The zero-order valence-electron chi connectivity index (χ0n) is 6.44. The number of amides is 4. The van der Waals surface area contributed by atoms with Crippen LogP contribution in [-0.2, 0) is 19.2 Å². The van der Waals surface area contributed by atoms with Gasteiger partial charge in [0, 0.05) is 0 Å². The molecule has 0 bridgehead atoms. The first kappa shape index (κ1) is 11.1. The molecule has 0 aromatic carbocycles. The van der Waals surface area contributed by atoms with E-state index in [9.17, 15) is 19.2 Å². The van der Waals surface area contributed by atoms with Crippen LogP contribution in [0.2, 0.25) is 0 Å². The molecule has 0 atom stereocenters. The Balaban J connectivity index is 3.85. The highest BCUT2D eigenvalue weighted by molar-refractivity contribution is 6.18. The number of hydrogen-bond acceptors (Lipinski definition) is 4. The number of nitrogens with one attached hydrogen (secondary N) is 1. The highest BCUT2D eigenvalue weighted by Gasteiger charge is 2.12. The van der Waals surface area contributed by atoms with E-state index in [4.69, 9.17) is 0 Å². The van der Waals surface area contributed by atoms with Gasteiger partial charge in [-0.05, 0) is 0 Å². The molecule has 5 N–H and O–H groups in total. The zero-order valence-corrected chi connectivity index (χ0v) is 6.44. The van der Waals surface area contributed by atoms with Crippen molar-refractivity contribution in [1.29, 1.82) is 0 Å². The second kappa shape index (κ2) is 4.86. The van der Waals surface area contributed by atoms with Gasteiger partial charge >= 0.3 is 0 Å². The van der Waals surface area contributed by atoms with Crippen molar-refractivity contribution in [2.24, 2.45) is 11.5 Å². The van der Waals surface area contributed by atoms with Crippen molar-refractivity contribution < 1.29 is 19.2 Å². The van der Waals surface area contributed by atoms with Crippen LogP contribution >= 0.6 is 0 Å². The van der Waals surface area contributed by atoms with Gasteiger partial charge in [0.25, 0.3) is 0 Å². The van der Waals surface area contributed by atoms with E-state index in [1.54, 1.807) is 5.32 Å². The van der Waals surface area contributed by atoms with Crippen molar-refractivity contribution in [1.82, 2.24) is 5.32 Å². The lowest BCUT2D eigenvalue weighted by atomic mass is 10.3. The van der Waals surface area contributed by atoms with Crippen molar-refractivity contribution >= 4 is 23.6 Å². The number of hydrogen-bond donors (Lipinski definition) is 3. The van der Waals surface area contributed by atoms with Crippen molar-refractivity contribution in [3.8, 4) is 0 Å². The molecule has 0 aromatic heterocycles. The van der Waals surface area contributed by atoms with Gasteiger partial charge in [-0.25, -0.2) is 0 Å². The first-order valence-corrected chi connectivity index (χ1v) is 3.05. The molecule has 0 fully saturated rings. The third kappa shape index (κ3) is 6.48. The van der Waals surface area contributed by atoms with Crippen LogP contribution in [0.4, 0.5) is 0 Å². The molecule has 7 heteroatoms. The molecule has 70 valence electrons. The number of rotatable bonds is 4. The SMILES string of the molecule is NC(=O)[CH]C(=O)NC(=O)[CH]C(N)=O.